The normalized spacial score (nSPS) is 11.9. The summed E-state index contributed by atoms with van der Waals surface area (Å²) in [5.41, 5.74) is 11.1. The van der Waals surface area contributed by atoms with Crippen LogP contribution in [0.2, 0.25) is 0 Å². The van der Waals surface area contributed by atoms with E-state index in [-0.39, 0.29) is 0 Å². The molecule has 0 fully saturated rings. The summed E-state index contributed by atoms with van der Waals surface area (Å²) in [6.45, 7) is 0. The van der Waals surface area contributed by atoms with Gasteiger partial charge in [0.2, 0.25) is 5.95 Å². The molecule has 4 nitrogen and oxygen atoms in total. The van der Waals surface area contributed by atoms with Gasteiger partial charge in [-0.15, -0.1) is 0 Å². The van der Waals surface area contributed by atoms with E-state index >= 15 is 0 Å². The molecule has 12 rings (SSSR count). The van der Waals surface area contributed by atoms with E-state index < -0.39 is 0 Å². The Hall–Kier alpha value is -7.56. The maximum Gasteiger partial charge on any atom is 0.235 e. The smallest absolute Gasteiger partial charge is 0.235 e. The first kappa shape index (κ1) is 30.9. The fraction of sp³-hybridized carbons (Fsp3) is 0. The van der Waals surface area contributed by atoms with Gasteiger partial charge in [0.25, 0.3) is 0 Å². The second-order valence-electron chi connectivity index (χ2n) is 14.6. The van der Waals surface area contributed by atoms with Crippen molar-refractivity contribution in [3.05, 3.63) is 194 Å². The third-order valence-corrected chi connectivity index (χ3v) is 11.5. The van der Waals surface area contributed by atoms with Crippen molar-refractivity contribution < 1.29 is 0 Å². The van der Waals surface area contributed by atoms with Crippen molar-refractivity contribution in [2.24, 2.45) is 0 Å². The second-order valence-corrected chi connectivity index (χ2v) is 14.6. The molecule has 0 amide bonds. The quantitative estimate of drug-likeness (QED) is 0.182. The molecule has 0 radical (unpaired) electrons. The highest BCUT2D eigenvalue weighted by Crippen LogP contribution is 2.43. The van der Waals surface area contributed by atoms with Crippen LogP contribution in [0, 0.1) is 0 Å². The molecule has 0 aliphatic carbocycles. The maximum absolute atomic E-state index is 5.43. The van der Waals surface area contributed by atoms with Crippen molar-refractivity contribution in [3.8, 4) is 34.0 Å². The SMILES string of the molecule is c1ccc(-n2c3ccccc3c3cc(-c4ccc5c(c4)c4ccccc4n5-c4nc(-c5cccc6ccccc56)c5ccccc5n4)c4ccccc4c32)cc1. The minimum absolute atomic E-state index is 0.658. The van der Waals surface area contributed by atoms with Crippen molar-refractivity contribution in [1.82, 2.24) is 19.1 Å². The van der Waals surface area contributed by atoms with Gasteiger partial charge in [0.05, 0.1) is 33.3 Å². The second kappa shape index (κ2) is 12.0. The van der Waals surface area contributed by atoms with Gasteiger partial charge < -0.3 is 4.57 Å². The van der Waals surface area contributed by atoms with Crippen LogP contribution in [-0.2, 0) is 0 Å². The minimum Gasteiger partial charge on any atom is -0.309 e. The zero-order chi connectivity index (χ0) is 36.7. The Bertz CT molecular complexity index is 3530. The molecule has 0 aliphatic rings. The van der Waals surface area contributed by atoms with Gasteiger partial charge in [-0.25, -0.2) is 9.97 Å². The van der Waals surface area contributed by atoms with Gasteiger partial charge in [0, 0.05) is 43.6 Å². The fourth-order valence-corrected chi connectivity index (χ4v) is 9.06. The van der Waals surface area contributed by atoms with E-state index in [2.05, 4.69) is 203 Å². The van der Waals surface area contributed by atoms with Crippen LogP contribution in [0.4, 0.5) is 0 Å². The molecule has 3 aromatic heterocycles. The van der Waals surface area contributed by atoms with E-state index in [1.807, 2.05) is 0 Å². The molecule has 0 saturated heterocycles. The van der Waals surface area contributed by atoms with Gasteiger partial charge in [-0.05, 0) is 75.8 Å². The van der Waals surface area contributed by atoms with Crippen LogP contribution in [-0.4, -0.2) is 19.1 Å². The van der Waals surface area contributed by atoms with Gasteiger partial charge in [-0.1, -0.05) is 146 Å². The summed E-state index contributed by atoms with van der Waals surface area (Å²) < 4.78 is 4.66. The number of fused-ring (bicyclic) bond motifs is 10. The maximum atomic E-state index is 5.43. The third-order valence-electron chi connectivity index (χ3n) is 11.5. The van der Waals surface area contributed by atoms with Crippen LogP contribution >= 0.6 is 0 Å². The molecule has 0 spiro atoms. The Kier molecular flexibility index (Phi) is 6.60. The van der Waals surface area contributed by atoms with E-state index in [4.69, 9.17) is 9.97 Å². The average molecular weight is 713 g/mol. The number of para-hydroxylation sites is 4. The molecule has 0 atom stereocenters. The Morgan fingerprint density at radius 3 is 1.77 bits per heavy atom. The number of nitrogens with zero attached hydrogens (tertiary/aromatic N) is 4. The Balaban J connectivity index is 1.12. The lowest BCUT2D eigenvalue weighted by molar-refractivity contribution is 1.01. The zero-order valence-electron chi connectivity index (χ0n) is 30.3. The summed E-state index contributed by atoms with van der Waals surface area (Å²) in [6, 6.07) is 69.6. The lowest BCUT2D eigenvalue weighted by Gasteiger charge is -2.14. The number of rotatable bonds is 4. The minimum atomic E-state index is 0.658. The van der Waals surface area contributed by atoms with Crippen molar-refractivity contribution in [2.45, 2.75) is 0 Å². The number of aromatic nitrogens is 4. The summed E-state index contributed by atoms with van der Waals surface area (Å²) >= 11 is 0. The van der Waals surface area contributed by atoms with Crippen LogP contribution in [0.1, 0.15) is 0 Å². The van der Waals surface area contributed by atoms with E-state index in [0.717, 1.165) is 44.3 Å². The number of benzene rings is 9. The largest absolute Gasteiger partial charge is 0.309 e. The molecule has 12 aromatic rings. The van der Waals surface area contributed by atoms with Gasteiger partial charge in [-0.2, -0.15) is 0 Å². The number of hydrogen-bond acceptors (Lipinski definition) is 2. The van der Waals surface area contributed by atoms with E-state index in [1.165, 1.54) is 59.9 Å². The van der Waals surface area contributed by atoms with Crippen molar-refractivity contribution >= 4 is 76.1 Å². The summed E-state index contributed by atoms with van der Waals surface area (Å²) in [4.78, 5) is 10.7. The highest BCUT2D eigenvalue weighted by atomic mass is 15.2. The summed E-state index contributed by atoms with van der Waals surface area (Å²) in [7, 11) is 0. The molecule has 3 heterocycles. The first-order valence-corrected chi connectivity index (χ1v) is 19.1. The molecular weight excluding hydrogens is 681 g/mol. The topological polar surface area (TPSA) is 35.6 Å². The van der Waals surface area contributed by atoms with Gasteiger partial charge in [0.15, 0.2) is 0 Å². The molecular formula is C52H32N4. The summed E-state index contributed by atoms with van der Waals surface area (Å²) in [5.74, 6) is 0.658. The van der Waals surface area contributed by atoms with Gasteiger partial charge >= 0.3 is 0 Å². The third kappa shape index (κ3) is 4.47. The molecule has 0 saturated carbocycles. The number of hydrogen-bond donors (Lipinski definition) is 0. The summed E-state index contributed by atoms with van der Waals surface area (Å²) in [5, 5.41) is 10.7. The molecule has 260 valence electrons. The van der Waals surface area contributed by atoms with Crippen LogP contribution in [0.15, 0.2) is 194 Å². The van der Waals surface area contributed by atoms with Gasteiger partial charge in [0.1, 0.15) is 0 Å². The Morgan fingerprint density at radius 2 is 0.946 bits per heavy atom. The Morgan fingerprint density at radius 1 is 0.339 bits per heavy atom. The fourth-order valence-electron chi connectivity index (χ4n) is 9.06. The highest BCUT2D eigenvalue weighted by molar-refractivity contribution is 6.22. The first-order chi connectivity index (χ1) is 27.8. The van der Waals surface area contributed by atoms with Crippen molar-refractivity contribution in [3.63, 3.8) is 0 Å². The molecule has 0 unspecified atom stereocenters. The van der Waals surface area contributed by atoms with Crippen LogP contribution < -0.4 is 0 Å². The van der Waals surface area contributed by atoms with E-state index in [1.54, 1.807) is 0 Å². The predicted molar refractivity (Wildman–Crippen MR) is 234 cm³/mol. The molecule has 0 aliphatic heterocycles. The average Bonchev–Trinajstić information content (AvgIpc) is 3.78. The molecule has 56 heavy (non-hydrogen) atoms. The lowest BCUT2D eigenvalue weighted by atomic mass is 9.94. The van der Waals surface area contributed by atoms with E-state index in [9.17, 15) is 0 Å². The highest BCUT2D eigenvalue weighted by Gasteiger charge is 2.21. The molecule has 9 aromatic carbocycles. The first-order valence-electron chi connectivity index (χ1n) is 19.1. The van der Waals surface area contributed by atoms with Crippen LogP contribution in [0.3, 0.4) is 0 Å². The molecule has 0 N–H and O–H groups in total. The van der Waals surface area contributed by atoms with E-state index in [0.29, 0.717) is 5.95 Å². The standard InChI is InChI=1S/C52H32N4/c1-2-17-35(18-3-1)55-47-27-12-10-22-39(47)45-32-43(37-20-6-7-23-41(37)51(45)55)34-29-30-49-44(31-34)38-21-9-13-28-48(38)56(49)52-53-46-26-11-8-24-42(46)50(54-52)40-25-14-16-33-15-4-5-19-36(33)40/h1-32H. The lowest BCUT2D eigenvalue weighted by Crippen LogP contribution is -2.03. The predicted octanol–water partition coefficient (Wildman–Crippen LogP) is 13.5. The zero-order valence-corrected chi connectivity index (χ0v) is 30.3. The van der Waals surface area contributed by atoms with Crippen LogP contribution in [0.5, 0.6) is 0 Å². The van der Waals surface area contributed by atoms with Crippen LogP contribution in [0.25, 0.3) is 110 Å². The monoisotopic (exact) mass is 712 g/mol. The molecule has 4 heteroatoms. The van der Waals surface area contributed by atoms with Gasteiger partial charge in [-0.3, -0.25) is 4.57 Å². The summed E-state index contributed by atoms with van der Waals surface area (Å²) in [6.07, 6.45) is 0. The Labute approximate surface area is 322 Å². The van der Waals surface area contributed by atoms with Crippen molar-refractivity contribution in [1.29, 1.82) is 0 Å². The van der Waals surface area contributed by atoms with Crippen molar-refractivity contribution in [2.75, 3.05) is 0 Å². The molecule has 0 bridgehead atoms.